The molecule has 0 aromatic rings. The molecule has 7 heteroatoms. The van der Waals surface area contributed by atoms with Gasteiger partial charge in [0.1, 0.15) is 11.5 Å². The SMILES string of the molecule is C[SH+]CC[SH+]C.[C-]#[O+].[C-]#[O+].[C-]#[O+].[C-]#[O+].[W]. The number of rotatable bonds is 3. The van der Waals surface area contributed by atoms with Crippen molar-refractivity contribution >= 4 is 23.5 Å². The average molecular weight is 420 g/mol. The van der Waals surface area contributed by atoms with E-state index in [1.165, 1.54) is 35.0 Å². The Hall–Kier alpha value is 0.348. The van der Waals surface area contributed by atoms with E-state index in [0.29, 0.717) is 0 Å². The third-order valence-corrected chi connectivity index (χ3v) is 2.24. The minimum Gasteiger partial charge on any atom is 0 e. The molecule has 0 heterocycles. The first-order chi connectivity index (χ1) is 6.91. The molecule has 4 nitrogen and oxygen atoms in total. The standard InChI is InChI=1S/C4H10S2.4CO.W/c1-5-3-4-6-2;4*1-2;/h3-4H2,1-2H3;;;;;/p+2. The van der Waals surface area contributed by atoms with Gasteiger partial charge in [0.2, 0.25) is 0 Å². The van der Waals surface area contributed by atoms with Crippen LogP contribution in [0.15, 0.2) is 0 Å². The number of hydrogen-bond acceptors (Lipinski definition) is 0. The summed E-state index contributed by atoms with van der Waals surface area (Å²) in [6.45, 7) is 18.0. The summed E-state index contributed by atoms with van der Waals surface area (Å²) in [5, 5.41) is 0. The van der Waals surface area contributed by atoms with Crippen LogP contribution >= 0.6 is 0 Å². The summed E-state index contributed by atoms with van der Waals surface area (Å²) in [5.74, 6) is 2.75. The number of hydrogen-bond donors (Lipinski definition) is 0. The van der Waals surface area contributed by atoms with Gasteiger partial charge in [-0.15, -0.1) is 0 Å². The fourth-order valence-electron chi connectivity index (χ4n) is 0.200. The maximum atomic E-state index is 7.50. The third kappa shape index (κ3) is 195. The third-order valence-electron chi connectivity index (χ3n) is 0.547. The Morgan fingerprint density at radius 1 is 0.667 bits per heavy atom. The summed E-state index contributed by atoms with van der Waals surface area (Å²) in [7, 11) is 0. The van der Waals surface area contributed by atoms with Crippen LogP contribution in [-0.2, 0) is 63.2 Å². The number of thiol groups is 2. The van der Waals surface area contributed by atoms with Crippen molar-refractivity contribution in [3.05, 3.63) is 26.6 Å². The van der Waals surface area contributed by atoms with E-state index in [0.717, 1.165) is 0 Å². The van der Waals surface area contributed by atoms with Gasteiger partial charge < -0.3 is 0 Å². The molecule has 0 rings (SSSR count). The minimum absolute atomic E-state index is 0. The van der Waals surface area contributed by atoms with Crippen LogP contribution in [0.3, 0.4) is 0 Å². The Balaban J connectivity index is -0.0000000194. The molecule has 0 aliphatic heterocycles. The Bertz CT molecular complexity index is 106. The predicted molar refractivity (Wildman–Crippen MR) is 54.8 cm³/mol. The summed E-state index contributed by atoms with van der Waals surface area (Å²) >= 11 is 3.08. The van der Waals surface area contributed by atoms with Gasteiger partial charge in [-0.05, 0) is 23.5 Å². The maximum Gasteiger partial charge on any atom is 0 e. The molecule has 84 valence electrons. The fraction of sp³-hybridized carbons (Fsp3) is 0.500. The van der Waals surface area contributed by atoms with Crippen molar-refractivity contribution < 1.29 is 39.7 Å². The molecule has 0 fully saturated rings. The van der Waals surface area contributed by atoms with Gasteiger partial charge in [-0.3, -0.25) is 0 Å². The van der Waals surface area contributed by atoms with Gasteiger partial charge in [0.05, 0.1) is 12.5 Å². The molecule has 0 atom stereocenters. The molecule has 0 bridgehead atoms. The topological polar surface area (TPSA) is 79.6 Å². The average Bonchev–Trinajstić information content (AvgIpc) is 2.36. The van der Waals surface area contributed by atoms with E-state index in [1.54, 1.807) is 0 Å². The zero-order chi connectivity index (χ0) is 12.8. The van der Waals surface area contributed by atoms with Crippen LogP contribution in [0.2, 0.25) is 0 Å². The first-order valence-electron chi connectivity index (χ1n) is 2.84. The van der Waals surface area contributed by atoms with Gasteiger partial charge in [-0.25, -0.2) is 0 Å². The van der Waals surface area contributed by atoms with Crippen LogP contribution in [0.1, 0.15) is 0 Å². The van der Waals surface area contributed by atoms with Crippen molar-refractivity contribution in [2.24, 2.45) is 0 Å². The zero-order valence-corrected chi connectivity index (χ0v) is 13.1. The van der Waals surface area contributed by atoms with Crippen LogP contribution in [0.4, 0.5) is 0 Å². The van der Waals surface area contributed by atoms with Gasteiger partial charge in [0.25, 0.3) is 0 Å². The van der Waals surface area contributed by atoms with Crippen molar-refractivity contribution in [1.82, 2.24) is 0 Å². The van der Waals surface area contributed by atoms with E-state index in [4.69, 9.17) is 18.6 Å². The van der Waals surface area contributed by atoms with E-state index in [2.05, 4.69) is 39.1 Å². The smallest absolute Gasteiger partial charge is 0 e. The molecule has 0 aromatic carbocycles. The van der Waals surface area contributed by atoms with Crippen LogP contribution in [-0.4, -0.2) is 24.0 Å². The normalized spacial score (nSPS) is 4.13. The Morgan fingerprint density at radius 3 is 0.867 bits per heavy atom. The Morgan fingerprint density at radius 2 is 0.800 bits per heavy atom. The largest absolute Gasteiger partial charge is 0 e. The van der Waals surface area contributed by atoms with Gasteiger partial charge >= 0.3 is 45.2 Å². The molecule has 0 aliphatic rings. The molecular formula is C8H12O4S2W+2. The van der Waals surface area contributed by atoms with E-state index in [-0.39, 0.29) is 21.1 Å². The fourth-order valence-corrected chi connectivity index (χ4v) is 1.80. The molecule has 0 spiro atoms. The van der Waals surface area contributed by atoms with E-state index >= 15 is 0 Å². The first kappa shape index (κ1) is 36.2. The van der Waals surface area contributed by atoms with Gasteiger partial charge in [-0.2, -0.15) is 0 Å². The summed E-state index contributed by atoms with van der Waals surface area (Å²) < 4.78 is 30.0. The monoisotopic (exact) mass is 420 g/mol. The van der Waals surface area contributed by atoms with Crippen molar-refractivity contribution in [2.75, 3.05) is 24.0 Å². The molecular weight excluding hydrogens is 408 g/mol. The second-order valence-electron chi connectivity index (χ2n) is 1.08. The van der Waals surface area contributed by atoms with Crippen molar-refractivity contribution in [3.63, 3.8) is 0 Å². The van der Waals surface area contributed by atoms with Crippen LogP contribution in [0.5, 0.6) is 0 Å². The molecule has 15 heavy (non-hydrogen) atoms. The Labute approximate surface area is 113 Å². The molecule has 0 radical (unpaired) electrons. The van der Waals surface area contributed by atoms with E-state index < -0.39 is 0 Å². The van der Waals surface area contributed by atoms with E-state index in [9.17, 15) is 0 Å². The van der Waals surface area contributed by atoms with Crippen LogP contribution < -0.4 is 0 Å². The maximum absolute atomic E-state index is 7.50. The zero-order valence-electron chi connectivity index (χ0n) is 8.35. The molecule has 0 amide bonds. The van der Waals surface area contributed by atoms with Crippen molar-refractivity contribution in [1.29, 1.82) is 0 Å². The minimum atomic E-state index is 0. The second-order valence-corrected chi connectivity index (χ2v) is 3.24. The van der Waals surface area contributed by atoms with Crippen molar-refractivity contribution in [2.45, 2.75) is 0 Å². The Kier molecular flexibility index (Phi) is 326. The van der Waals surface area contributed by atoms with Crippen LogP contribution in [0, 0.1) is 26.6 Å². The molecule has 0 saturated carbocycles. The summed E-state index contributed by atoms with van der Waals surface area (Å²) in [6, 6.07) is 0. The van der Waals surface area contributed by atoms with Crippen molar-refractivity contribution in [3.8, 4) is 0 Å². The molecule has 0 aromatic heterocycles. The quantitative estimate of drug-likeness (QED) is 0.261. The van der Waals surface area contributed by atoms with Gasteiger partial charge in [0, 0.05) is 21.1 Å². The predicted octanol–water partition coefficient (Wildman–Crippen LogP) is -0.277. The molecule has 0 N–H and O–H groups in total. The van der Waals surface area contributed by atoms with E-state index in [1.807, 2.05) is 0 Å². The van der Waals surface area contributed by atoms with Gasteiger partial charge in [0.15, 0.2) is 0 Å². The summed E-state index contributed by atoms with van der Waals surface area (Å²) in [5.41, 5.74) is 0. The molecule has 0 unspecified atom stereocenters. The van der Waals surface area contributed by atoms with Crippen LogP contribution in [0.25, 0.3) is 0 Å². The van der Waals surface area contributed by atoms with Gasteiger partial charge in [-0.1, -0.05) is 0 Å². The molecule has 0 aliphatic carbocycles. The summed E-state index contributed by atoms with van der Waals surface area (Å²) in [6.07, 6.45) is 4.40. The molecule has 0 saturated heterocycles. The summed E-state index contributed by atoms with van der Waals surface area (Å²) in [4.78, 5) is 0. The second kappa shape index (κ2) is 135. The first-order valence-corrected chi connectivity index (χ1v) is 5.90.